The summed E-state index contributed by atoms with van der Waals surface area (Å²) in [6, 6.07) is 6.13. The van der Waals surface area contributed by atoms with E-state index >= 15 is 0 Å². The molecule has 1 aliphatic heterocycles. The van der Waals surface area contributed by atoms with Gasteiger partial charge in [0.2, 0.25) is 0 Å². The van der Waals surface area contributed by atoms with Gasteiger partial charge in [-0.25, -0.2) is 0 Å². The van der Waals surface area contributed by atoms with E-state index in [9.17, 15) is 4.79 Å². The summed E-state index contributed by atoms with van der Waals surface area (Å²) in [6.45, 7) is 4.99. The summed E-state index contributed by atoms with van der Waals surface area (Å²) in [7, 11) is 1.01. The van der Waals surface area contributed by atoms with Crippen LogP contribution < -0.4 is 5.46 Å². The molecule has 0 N–H and O–H groups in total. The second-order valence-electron chi connectivity index (χ2n) is 5.41. The Morgan fingerprint density at radius 3 is 3.05 bits per heavy atom. The highest BCUT2D eigenvalue weighted by atomic mass is 16.5. The van der Waals surface area contributed by atoms with E-state index in [1.165, 1.54) is 11.7 Å². The van der Waals surface area contributed by atoms with E-state index in [4.69, 9.17) is 4.74 Å². The zero-order valence-electron chi connectivity index (χ0n) is 12.8. The third-order valence-corrected chi connectivity index (χ3v) is 3.71. The van der Waals surface area contributed by atoms with Crippen molar-refractivity contribution in [2.24, 2.45) is 4.99 Å². The van der Waals surface area contributed by atoms with Crippen LogP contribution in [0.1, 0.15) is 24.8 Å². The van der Waals surface area contributed by atoms with E-state index in [1.807, 2.05) is 19.1 Å². The number of allylic oxidation sites excluding steroid dienone is 1. The number of carbonyl (C=O) groups excluding carboxylic acids is 1. The zero-order chi connectivity index (χ0) is 15.1. The molecule has 0 amide bonds. The van der Waals surface area contributed by atoms with Crippen LogP contribution in [0.25, 0.3) is 0 Å². The SMILES string of the molecule is CBc1ccc(/N=C\C(=O)/C=C\CC2CCCO2)c(C)c1. The van der Waals surface area contributed by atoms with Gasteiger partial charge >= 0.3 is 0 Å². The lowest BCUT2D eigenvalue weighted by Crippen LogP contribution is -2.09. The van der Waals surface area contributed by atoms with E-state index in [2.05, 4.69) is 23.9 Å². The summed E-state index contributed by atoms with van der Waals surface area (Å²) in [6.07, 6.45) is 8.17. The van der Waals surface area contributed by atoms with Gasteiger partial charge in [-0.3, -0.25) is 9.79 Å². The average Bonchev–Trinajstić information content (AvgIpc) is 2.99. The lowest BCUT2D eigenvalue weighted by atomic mass is 9.73. The van der Waals surface area contributed by atoms with E-state index < -0.39 is 0 Å². The molecule has 0 saturated carbocycles. The number of nitrogens with zero attached hydrogens (tertiary/aromatic N) is 1. The second kappa shape index (κ2) is 7.94. The molecule has 0 aliphatic carbocycles. The molecule has 21 heavy (non-hydrogen) atoms. The molecular weight excluding hydrogens is 261 g/mol. The normalized spacial score (nSPS) is 18.7. The molecular formula is C17H22BNO2. The molecule has 1 saturated heterocycles. The van der Waals surface area contributed by atoms with Crippen LogP contribution in [0.2, 0.25) is 6.82 Å². The second-order valence-corrected chi connectivity index (χ2v) is 5.41. The Labute approximate surface area is 127 Å². The quantitative estimate of drug-likeness (QED) is 0.457. The van der Waals surface area contributed by atoms with Crippen molar-refractivity contribution in [3.63, 3.8) is 0 Å². The van der Waals surface area contributed by atoms with Crippen LogP contribution in [-0.2, 0) is 9.53 Å². The van der Waals surface area contributed by atoms with Crippen LogP contribution in [0.5, 0.6) is 0 Å². The number of aliphatic imine (C=N–C) groups is 1. The Balaban J connectivity index is 1.87. The van der Waals surface area contributed by atoms with Gasteiger partial charge in [-0.1, -0.05) is 30.5 Å². The number of hydrogen-bond donors (Lipinski definition) is 0. The number of ether oxygens (including phenoxy) is 1. The molecule has 110 valence electrons. The first kappa shape index (κ1) is 15.7. The van der Waals surface area contributed by atoms with Crippen molar-refractivity contribution in [3.8, 4) is 0 Å². The molecule has 1 aromatic carbocycles. The molecule has 2 rings (SSSR count). The Morgan fingerprint density at radius 1 is 1.52 bits per heavy atom. The topological polar surface area (TPSA) is 38.7 Å². The van der Waals surface area contributed by atoms with Crippen molar-refractivity contribution in [1.82, 2.24) is 0 Å². The van der Waals surface area contributed by atoms with Gasteiger partial charge in [-0.15, -0.1) is 0 Å². The number of benzene rings is 1. The minimum absolute atomic E-state index is 0.0769. The van der Waals surface area contributed by atoms with Gasteiger partial charge in [0.25, 0.3) is 0 Å². The lowest BCUT2D eigenvalue weighted by molar-refractivity contribution is -0.108. The highest BCUT2D eigenvalue weighted by Crippen LogP contribution is 2.16. The standard InChI is InChI=1S/C17H22BNO2/c1-13-11-14(18-2)8-9-17(13)19-12-15(20)5-3-6-16-7-4-10-21-16/h3,5,8-9,11-12,16,18H,4,6-7,10H2,1-2H3/b5-3-,19-12-. The number of aryl methyl sites for hydroxylation is 1. The monoisotopic (exact) mass is 283 g/mol. The van der Waals surface area contributed by atoms with Gasteiger partial charge in [0, 0.05) is 6.61 Å². The highest BCUT2D eigenvalue weighted by Gasteiger charge is 2.13. The van der Waals surface area contributed by atoms with Crippen molar-refractivity contribution in [1.29, 1.82) is 0 Å². The summed E-state index contributed by atoms with van der Waals surface area (Å²) < 4.78 is 5.51. The first-order valence-corrected chi connectivity index (χ1v) is 7.64. The predicted molar refractivity (Wildman–Crippen MR) is 89.7 cm³/mol. The maximum absolute atomic E-state index is 11.7. The first-order valence-electron chi connectivity index (χ1n) is 7.64. The fraction of sp³-hybridized carbons (Fsp3) is 0.412. The van der Waals surface area contributed by atoms with E-state index in [0.717, 1.165) is 44.4 Å². The van der Waals surface area contributed by atoms with Crippen LogP contribution in [0, 0.1) is 6.92 Å². The first-order chi connectivity index (χ1) is 10.2. The molecule has 1 fully saturated rings. The molecule has 0 aromatic heterocycles. The van der Waals surface area contributed by atoms with E-state index in [1.54, 1.807) is 6.08 Å². The molecule has 1 heterocycles. The maximum Gasteiger partial charge on any atom is 0.196 e. The summed E-state index contributed by atoms with van der Waals surface area (Å²) >= 11 is 0. The third kappa shape index (κ3) is 4.98. The van der Waals surface area contributed by atoms with Gasteiger partial charge in [-0.05, 0) is 43.9 Å². The van der Waals surface area contributed by atoms with Gasteiger partial charge in [-0.2, -0.15) is 0 Å². The van der Waals surface area contributed by atoms with E-state index in [0.29, 0.717) is 0 Å². The molecule has 1 unspecified atom stereocenters. The summed E-state index contributed by atoms with van der Waals surface area (Å²) in [5, 5.41) is 0. The fourth-order valence-corrected chi connectivity index (χ4v) is 2.42. The van der Waals surface area contributed by atoms with Gasteiger partial charge in [0.15, 0.2) is 13.1 Å². The van der Waals surface area contributed by atoms with Crippen LogP contribution in [-0.4, -0.2) is 32.0 Å². The largest absolute Gasteiger partial charge is 0.378 e. The smallest absolute Gasteiger partial charge is 0.196 e. The summed E-state index contributed by atoms with van der Waals surface area (Å²) in [5.74, 6) is -0.0769. The van der Waals surface area contributed by atoms with Crippen LogP contribution in [0.15, 0.2) is 35.3 Å². The van der Waals surface area contributed by atoms with Gasteiger partial charge in [0.1, 0.15) is 0 Å². The molecule has 1 aliphatic rings. The molecule has 4 heteroatoms. The third-order valence-electron chi connectivity index (χ3n) is 3.71. The predicted octanol–water partition coefficient (Wildman–Crippen LogP) is 2.50. The molecule has 1 aromatic rings. The van der Waals surface area contributed by atoms with Crippen LogP contribution >= 0.6 is 0 Å². The zero-order valence-corrected chi connectivity index (χ0v) is 12.8. The number of carbonyl (C=O) groups is 1. The molecule has 0 bridgehead atoms. The van der Waals surface area contributed by atoms with Crippen molar-refractivity contribution in [2.45, 2.75) is 39.1 Å². The molecule has 0 radical (unpaired) electrons. The minimum atomic E-state index is -0.0769. The van der Waals surface area contributed by atoms with E-state index in [-0.39, 0.29) is 11.9 Å². The Bertz CT molecular complexity index is 546. The highest BCUT2D eigenvalue weighted by molar-refractivity contribution is 6.51. The van der Waals surface area contributed by atoms with Crippen LogP contribution in [0.4, 0.5) is 5.69 Å². The average molecular weight is 283 g/mol. The Kier molecular flexibility index (Phi) is 5.94. The minimum Gasteiger partial charge on any atom is -0.378 e. The van der Waals surface area contributed by atoms with Crippen molar-refractivity contribution in [3.05, 3.63) is 35.9 Å². The Hall–Kier alpha value is -1.68. The lowest BCUT2D eigenvalue weighted by Gasteiger charge is -2.03. The van der Waals surface area contributed by atoms with Crippen molar-refractivity contribution < 1.29 is 9.53 Å². The fourth-order valence-electron chi connectivity index (χ4n) is 2.42. The Morgan fingerprint density at radius 2 is 2.38 bits per heavy atom. The molecule has 1 atom stereocenters. The van der Waals surface area contributed by atoms with Gasteiger partial charge in [0.05, 0.1) is 18.0 Å². The molecule has 0 spiro atoms. The summed E-state index contributed by atoms with van der Waals surface area (Å²) in [4.78, 5) is 16.0. The number of hydrogen-bond acceptors (Lipinski definition) is 3. The number of ketones is 1. The number of rotatable bonds is 6. The summed E-state index contributed by atoms with van der Waals surface area (Å²) in [5.41, 5.74) is 3.24. The van der Waals surface area contributed by atoms with Crippen LogP contribution in [0.3, 0.4) is 0 Å². The molecule has 3 nitrogen and oxygen atoms in total. The maximum atomic E-state index is 11.7. The van der Waals surface area contributed by atoms with Crippen molar-refractivity contribution in [2.75, 3.05) is 6.61 Å². The van der Waals surface area contributed by atoms with Gasteiger partial charge < -0.3 is 4.74 Å². The van der Waals surface area contributed by atoms with Crippen molar-refractivity contribution >= 4 is 30.4 Å².